The van der Waals surface area contributed by atoms with E-state index in [9.17, 15) is 9.59 Å². The van der Waals surface area contributed by atoms with Gasteiger partial charge in [0.15, 0.2) is 0 Å². The lowest BCUT2D eigenvalue weighted by Crippen LogP contribution is -2.41. The molecule has 24 heavy (non-hydrogen) atoms. The van der Waals surface area contributed by atoms with Crippen LogP contribution in [-0.4, -0.2) is 62.1 Å². The van der Waals surface area contributed by atoms with Crippen molar-refractivity contribution in [2.45, 2.75) is 18.8 Å². The number of carbonyl (C=O) groups is 2. The molecule has 0 bridgehead atoms. The normalized spacial score (nSPS) is 22.5. The molecular formula is C18H25N3O3. The summed E-state index contributed by atoms with van der Waals surface area (Å²) in [6.07, 6.45) is 1.64. The van der Waals surface area contributed by atoms with Gasteiger partial charge in [0, 0.05) is 39.6 Å². The van der Waals surface area contributed by atoms with E-state index >= 15 is 0 Å². The summed E-state index contributed by atoms with van der Waals surface area (Å²) in [4.78, 5) is 27.8. The van der Waals surface area contributed by atoms with Crippen molar-refractivity contribution in [3.63, 3.8) is 0 Å². The second kappa shape index (κ2) is 7.11. The number of nitrogens with one attached hydrogen (secondary N) is 1. The van der Waals surface area contributed by atoms with Gasteiger partial charge in [-0.05, 0) is 24.5 Å². The van der Waals surface area contributed by atoms with Crippen LogP contribution in [-0.2, 0) is 4.79 Å². The van der Waals surface area contributed by atoms with Gasteiger partial charge in [-0.1, -0.05) is 18.2 Å². The molecule has 6 heteroatoms. The van der Waals surface area contributed by atoms with Crippen molar-refractivity contribution in [2.75, 3.05) is 40.3 Å². The first-order chi connectivity index (χ1) is 11.6. The predicted octanol–water partition coefficient (Wildman–Crippen LogP) is 1.67. The van der Waals surface area contributed by atoms with Crippen LogP contribution in [0.3, 0.4) is 0 Å². The Morgan fingerprint density at radius 1 is 1.29 bits per heavy atom. The number of benzene rings is 1. The number of nitrogens with zero attached hydrogens (tertiary/aromatic N) is 2. The Morgan fingerprint density at radius 3 is 2.88 bits per heavy atom. The molecule has 2 heterocycles. The molecule has 1 aromatic rings. The summed E-state index contributed by atoms with van der Waals surface area (Å²) in [7, 11) is 3.52. The summed E-state index contributed by atoms with van der Waals surface area (Å²) in [6.45, 7) is 2.43. The van der Waals surface area contributed by atoms with Gasteiger partial charge in [0.2, 0.25) is 5.91 Å². The van der Waals surface area contributed by atoms with Crippen LogP contribution >= 0.6 is 0 Å². The standard InChI is InChI=1S/C18H25N3O3/c1-20(2)17(22)14-7-9-21(12-14)18(23)19-11-13-8-10-24-16-6-4-3-5-15(13)16/h3-6,13-14H,7-12H2,1-2H3,(H,19,23). The summed E-state index contributed by atoms with van der Waals surface area (Å²) in [5.41, 5.74) is 1.16. The van der Waals surface area contributed by atoms with Crippen molar-refractivity contribution in [2.24, 2.45) is 5.92 Å². The second-order valence-corrected chi connectivity index (χ2v) is 6.72. The van der Waals surface area contributed by atoms with E-state index in [0.29, 0.717) is 26.2 Å². The molecule has 130 valence electrons. The van der Waals surface area contributed by atoms with Gasteiger partial charge in [-0.15, -0.1) is 0 Å². The molecular weight excluding hydrogens is 306 g/mol. The number of fused-ring (bicyclic) bond motifs is 1. The molecule has 2 atom stereocenters. The maximum absolute atomic E-state index is 12.4. The Bertz CT molecular complexity index is 617. The summed E-state index contributed by atoms with van der Waals surface area (Å²) in [5, 5.41) is 3.03. The van der Waals surface area contributed by atoms with Gasteiger partial charge in [-0.2, -0.15) is 0 Å². The first-order valence-electron chi connectivity index (χ1n) is 8.52. The third-order valence-corrected chi connectivity index (χ3v) is 4.85. The number of hydrogen-bond acceptors (Lipinski definition) is 3. The molecule has 2 aliphatic heterocycles. The summed E-state index contributed by atoms with van der Waals surface area (Å²) in [5.74, 6) is 1.22. The molecule has 1 N–H and O–H groups in total. The molecule has 3 rings (SSSR count). The van der Waals surface area contributed by atoms with Crippen LogP contribution in [0.4, 0.5) is 4.79 Å². The summed E-state index contributed by atoms with van der Waals surface area (Å²) >= 11 is 0. The molecule has 2 aliphatic rings. The number of amides is 3. The largest absolute Gasteiger partial charge is 0.493 e. The highest BCUT2D eigenvalue weighted by Crippen LogP contribution is 2.32. The van der Waals surface area contributed by atoms with Crippen LogP contribution < -0.4 is 10.1 Å². The third kappa shape index (κ3) is 3.47. The first kappa shape index (κ1) is 16.6. The minimum absolute atomic E-state index is 0.0745. The lowest BCUT2D eigenvalue weighted by atomic mass is 9.93. The van der Waals surface area contributed by atoms with Crippen LogP contribution in [0.2, 0.25) is 0 Å². The Hall–Kier alpha value is -2.24. The minimum atomic E-state index is -0.0759. The van der Waals surface area contributed by atoms with E-state index in [-0.39, 0.29) is 23.8 Å². The molecule has 0 saturated carbocycles. The van der Waals surface area contributed by atoms with Crippen molar-refractivity contribution in [1.82, 2.24) is 15.1 Å². The fourth-order valence-corrected chi connectivity index (χ4v) is 3.46. The van der Waals surface area contributed by atoms with E-state index in [2.05, 4.69) is 11.4 Å². The molecule has 0 radical (unpaired) electrons. The summed E-state index contributed by atoms with van der Waals surface area (Å²) < 4.78 is 5.66. The Morgan fingerprint density at radius 2 is 2.08 bits per heavy atom. The van der Waals surface area contributed by atoms with Crippen LogP contribution in [0.5, 0.6) is 5.75 Å². The molecule has 3 amide bonds. The quantitative estimate of drug-likeness (QED) is 0.916. The lowest BCUT2D eigenvalue weighted by Gasteiger charge is -2.27. The van der Waals surface area contributed by atoms with Gasteiger partial charge in [0.25, 0.3) is 0 Å². The SMILES string of the molecule is CN(C)C(=O)C1CCN(C(=O)NCC2CCOc3ccccc32)C1. The molecule has 0 aromatic heterocycles. The van der Waals surface area contributed by atoms with Crippen LogP contribution in [0, 0.1) is 5.92 Å². The van der Waals surface area contributed by atoms with Gasteiger partial charge in [0.05, 0.1) is 12.5 Å². The van der Waals surface area contributed by atoms with E-state index in [0.717, 1.165) is 24.2 Å². The molecule has 0 aliphatic carbocycles. The van der Waals surface area contributed by atoms with E-state index in [1.165, 1.54) is 0 Å². The topological polar surface area (TPSA) is 61.9 Å². The van der Waals surface area contributed by atoms with Crippen molar-refractivity contribution in [3.8, 4) is 5.75 Å². The van der Waals surface area contributed by atoms with Crippen molar-refractivity contribution in [3.05, 3.63) is 29.8 Å². The second-order valence-electron chi connectivity index (χ2n) is 6.72. The smallest absolute Gasteiger partial charge is 0.317 e. The lowest BCUT2D eigenvalue weighted by molar-refractivity contribution is -0.132. The van der Waals surface area contributed by atoms with Gasteiger partial charge >= 0.3 is 6.03 Å². The number of rotatable bonds is 3. The number of ether oxygens (including phenoxy) is 1. The van der Waals surface area contributed by atoms with E-state index in [4.69, 9.17) is 4.74 Å². The average molecular weight is 331 g/mol. The molecule has 1 saturated heterocycles. The zero-order chi connectivity index (χ0) is 17.1. The Labute approximate surface area is 142 Å². The van der Waals surface area contributed by atoms with Gasteiger partial charge in [-0.3, -0.25) is 4.79 Å². The Balaban J connectivity index is 1.53. The molecule has 1 fully saturated rings. The van der Waals surface area contributed by atoms with E-state index in [1.807, 2.05) is 18.2 Å². The minimum Gasteiger partial charge on any atom is -0.493 e. The third-order valence-electron chi connectivity index (χ3n) is 4.85. The Kier molecular flexibility index (Phi) is 4.92. The van der Waals surface area contributed by atoms with Crippen LogP contribution in [0.25, 0.3) is 0 Å². The van der Waals surface area contributed by atoms with E-state index < -0.39 is 0 Å². The molecule has 6 nitrogen and oxygen atoms in total. The van der Waals surface area contributed by atoms with Crippen LogP contribution in [0.15, 0.2) is 24.3 Å². The number of likely N-dealkylation sites (tertiary alicyclic amines) is 1. The van der Waals surface area contributed by atoms with Gasteiger partial charge in [0.1, 0.15) is 5.75 Å². The average Bonchev–Trinajstić information content (AvgIpc) is 3.09. The van der Waals surface area contributed by atoms with Crippen molar-refractivity contribution in [1.29, 1.82) is 0 Å². The number of hydrogen-bond donors (Lipinski definition) is 1. The maximum atomic E-state index is 12.4. The van der Waals surface area contributed by atoms with Gasteiger partial charge in [-0.25, -0.2) is 4.79 Å². The monoisotopic (exact) mass is 331 g/mol. The van der Waals surface area contributed by atoms with Crippen molar-refractivity contribution >= 4 is 11.9 Å². The summed E-state index contributed by atoms with van der Waals surface area (Å²) in [6, 6.07) is 7.92. The maximum Gasteiger partial charge on any atom is 0.317 e. The fourth-order valence-electron chi connectivity index (χ4n) is 3.46. The molecule has 1 aromatic carbocycles. The number of carbonyl (C=O) groups excluding carboxylic acids is 2. The van der Waals surface area contributed by atoms with Crippen molar-refractivity contribution < 1.29 is 14.3 Å². The predicted molar refractivity (Wildman–Crippen MR) is 91.1 cm³/mol. The highest BCUT2D eigenvalue weighted by atomic mass is 16.5. The zero-order valence-electron chi connectivity index (χ0n) is 14.3. The zero-order valence-corrected chi connectivity index (χ0v) is 14.3. The van der Waals surface area contributed by atoms with Gasteiger partial charge < -0.3 is 19.9 Å². The number of urea groups is 1. The fraction of sp³-hybridized carbons (Fsp3) is 0.556. The molecule has 2 unspecified atom stereocenters. The van der Waals surface area contributed by atoms with Crippen LogP contribution in [0.1, 0.15) is 24.3 Å². The molecule has 0 spiro atoms. The first-order valence-corrected chi connectivity index (χ1v) is 8.52. The van der Waals surface area contributed by atoms with E-state index in [1.54, 1.807) is 23.9 Å². The highest BCUT2D eigenvalue weighted by molar-refractivity contribution is 5.81. The highest BCUT2D eigenvalue weighted by Gasteiger charge is 2.32. The number of para-hydroxylation sites is 1.